The maximum Gasteiger partial charge on any atom is 0.344 e. The molecule has 0 atom stereocenters. The summed E-state index contributed by atoms with van der Waals surface area (Å²) in [6.45, 7) is -1.03. The number of hydrogen-bond acceptors (Lipinski definition) is 7. The third-order valence-electron chi connectivity index (χ3n) is 4.74. The fourth-order valence-electron chi connectivity index (χ4n) is 3.17. The molecule has 9 nitrogen and oxygen atoms in total. The summed E-state index contributed by atoms with van der Waals surface area (Å²) in [5, 5.41) is 3.27. The Morgan fingerprint density at radius 1 is 1.17 bits per heavy atom. The normalized spacial score (nSPS) is 12.3. The van der Waals surface area contributed by atoms with Gasteiger partial charge in [0, 0.05) is 31.1 Å². The van der Waals surface area contributed by atoms with E-state index < -0.39 is 25.1 Å². The minimum atomic E-state index is -0.734. The first kappa shape index (κ1) is 20.4. The molecule has 0 bridgehead atoms. The Kier molecular flexibility index (Phi) is 6.16. The lowest BCUT2D eigenvalue weighted by Gasteiger charge is -2.16. The number of rotatable bonds is 7. The number of nitrogens with zero attached hydrogens (tertiary/aromatic N) is 1. The van der Waals surface area contributed by atoms with E-state index in [1.165, 1.54) is 14.1 Å². The van der Waals surface area contributed by atoms with Crippen molar-refractivity contribution >= 4 is 28.8 Å². The number of carbonyl (C=O) groups is 3. The van der Waals surface area contributed by atoms with E-state index in [2.05, 4.69) is 5.32 Å². The molecule has 1 N–H and O–H groups in total. The van der Waals surface area contributed by atoms with E-state index in [-0.39, 0.29) is 18.1 Å². The molecule has 154 valence electrons. The average molecular weight is 402 g/mol. The summed E-state index contributed by atoms with van der Waals surface area (Å²) in [7, 11) is 2.89. The number of carbonyl (C=O) groups excluding carboxylic acids is 3. The lowest BCUT2D eigenvalue weighted by atomic mass is 10.1. The Bertz CT molecular complexity index is 1010. The highest BCUT2D eigenvalue weighted by Gasteiger charge is 2.20. The van der Waals surface area contributed by atoms with Gasteiger partial charge in [0.15, 0.2) is 13.2 Å². The van der Waals surface area contributed by atoms with Crippen LogP contribution in [0.1, 0.15) is 17.5 Å². The van der Waals surface area contributed by atoms with Crippen molar-refractivity contribution in [2.45, 2.75) is 19.3 Å². The van der Waals surface area contributed by atoms with Crippen LogP contribution in [0.2, 0.25) is 0 Å². The number of esters is 1. The molecule has 9 heteroatoms. The number of ether oxygens (including phenoxy) is 2. The van der Waals surface area contributed by atoms with E-state index in [0.717, 1.165) is 40.7 Å². The first-order valence-corrected chi connectivity index (χ1v) is 9.20. The van der Waals surface area contributed by atoms with Crippen molar-refractivity contribution in [1.29, 1.82) is 0 Å². The Hall–Kier alpha value is -3.36. The number of amides is 2. The first-order chi connectivity index (χ1) is 13.9. The van der Waals surface area contributed by atoms with Gasteiger partial charge in [0.25, 0.3) is 5.91 Å². The molecule has 2 aromatic rings. The predicted molar refractivity (Wildman–Crippen MR) is 103 cm³/mol. The van der Waals surface area contributed by atoms with Crippen molar-refractivity contribution in [3.05, 3.63) is 39.7 Å². The van der Waals surface area contributed by atoms with Gasteiger partial charge in [-0.1, -0.05) is 0 Å². The Morgan fingerprint density at radius 2 is 1.93 bits per heavy atom. The molecule has 0 unspecified atom stereocenters. The van der Waals surface area contributed by atoms with Crippen LogP contribution in [0.25, 0.3) is 11.0 Å². The van der Waals surface area contributed by atoms with Crippen molar-refractivity contribution in [3.63, 3.8) is 0 Å². The zero-order valence-corrected chi connectivity index (χ0v) is 16.3. The topological polar surface area (TPSA) is 115 Å². The number of likely N-dealkylation sites (N-methyl/N-ethyl adjacent to an activating group) is 2. The fraction of sp³-hybridized carbons (Fsp3) is 0.400. The molecule has 0 radical (unpaired) electrons. The van der Waals surface area contributed by atoms with Crippen LogP contribution in [0.15, 0.2) is 27.4 Å². The van der Waals surface area contributed by atoms with E-state index in [1.54, 1.807) is 18.2 Å². The quantitative estimate of drug-likeness (QED) is 0.527. The fourth-order valence-corrected chi connectivity index (χ4v) is 3.17. The van der Waals surface area contributed by atoms with E-state index >= 15 is 0 Å². The highest BCUT2D eigenvalue weighted by atomic mass is 16.6. The number of fused-ring (bicyclic) bond motifs is 3. The zero-order valence-electron chi connectivity index (χ0n) is 16.3. The second-order valence-corrected chi connectivity index (χ2v) is 6.73. The van der Waals surface area contributed by atoms with Gasteiger partial charge in [-0.2, -0.15) is 0 Å². The molecule has 1 aromatic carbocycles. The smallest absolute Gasteiger partial charge is 0.344 e. The third kappa shape index (κ3) is 4.74. The molecule has 0 saturated heterocycles. The largest absolute Gasteiger partial charge is 0.482 e. The molecule has 3 rings (SSSR count). The highest BCUT2D eigenvalue weighted by Crippen LogP contribution is 2.29. The second-order valence-electron chi connectivity index (χ2n) is 6.73. The number of hydrogen-bond donors (Lipinski definition) is 1. The molecule has 0 saturated carbocycles. The van der Waals surface area contributed by atoms with Gasteiger partial charge in [-0.3, -0.25) is 9.59 Å². The molecular formula is C20H22N2O7. The molecule has 1 aromatic heterocycles. The van der Waals surface area contributed by atoms with Crippen LogP contribution in [-0.2, 0) is 32.0 Å². The minimum absolute atomic E-state index is 0.130. The zero-order chi connectivity index (χ0) is 21.0. The molecule has 2 amide bonds. The van der Waals surface area contributed by atoms with Gasteiger partial charge in [0.05, 0.1) is 6.54 Å². The molecule has 1 aliphatic carbocycles. The van der Waals surface area contributed by atoms with Crippen molar-refractivity contribution in [3.8, 4) is 5.75 Å². The molecule has 0 fully saturated rings. The van der Waals surface area contributed by atoms with Crippen LogP contribution in [0.5, 0.6) is 5.75 Å². The molecular weight excluding hydrogens is 380 g/mol. The van der Waals surface area contributed by atoms with Crippen LogP contribution in [0.4, 0.5) is 0 Å². The minimum Gasteiger partial charge on any atom is -0.482 e. The van der Waals surface area contributed by atoms with E-state index in [0.29, 0.717) is 11.3 Å². The van der Waals surface area contributed by atoms with Crippen LogP contribution >= 0.6 is 0 Å². The molecule has 0 aliphatic heterocycles. The van der Waals surface area contributed by atoms with Gasteiger partial charge in [0.2, 0.25) is 5.91 Å². The van der Waals surface area contributed by atoms with Crippen molar-refractivity contribution < 1.29 is 28.3 Å². The first-order valence-electron chi connectivity index (χ1n) is 9.20. The average Bonchev–Trinajstić information content (AvgIpc) is 3.20. The number of aryl methyl sites for hydroxylation is 1. The second kappa shape index (κ2) is 8.76. The van der Waals surface area contributed by atoms with E-state index in [4.69, 9.17) is 13.9 Å². The summed E-state index contributed by atoms with van der Waals surface area (Å²) < 4.78 is 15.6. The molecule has 29 heavy (non-hydrogen) atoms. The van der Waals surface area contributed by atoms with Gasteiger partial charge in [-0.15, -0.1) is 0 Å². The van der Waals surface area contributed by atoms with Crippen LogP contribution in [0.3, 0.4) is 0 Å². The summed E-state index contributed by atoms with van der Waals surface area (Å²) in [5.41, 5.74) is 1.83. The maximum atomic E-state index is 12.1. The number of benzene rings is 1. The third-order valence-corrected chi connectivity index (χ3v) is 4.74. The van der Waals surface area contributed by atoms with E-state index in [9.17, 15) is 19.2 Å². The molecule has 1 aliphatic rings. The highest BCUT2D eigenvalue weighted by molar-refractivity contribution is 5.86. The molecule has 0 spiro atoms. The van der Waals surface area contributed by atoms with Gasteiger partial charge in [-0.05, 0) is 37.0 Å². The summed E-state index contributed by atoms with van der Waals surface area (Å²) in [4.78, 5) is 48.1. The van der Waals surface area contributed by atoms with Crippen LogP contribution in [0, 0.1) is 0 Å². The maximum absolute atomic E-state index is 12.1. The van der Waals surface area contributed by atoms with E-state index in [1.807, 2.05) is 0 Å². The summed E-state index contributed by atoms with van der Waals surface area (Å²) in [6.07, 6.45) is 2.50. The van der Waals surface area contributed by atoms with Gasteiger partial charge < -0.3 is 24.1 Å². The van der Waals surface area contributed by atoms with Crippen LogP contribution in [-0.4, -0.2) is 56.5 Å². The molecule has 1 heterocycles. The van der Waals surface area contributed by atoms with Crippen molar-refractivity contribution in [1.82, 2.24) is 10.2 Å². The lowest BCUT2D eigenvalue weighted by Crippen LogP contribution is -2.39. The predicted octanol–water partition coefficient (Wildman–Crippen LogP) is 0.408. The summed E-state index contributed by atoms with van der Waals surface area (Å²) >= 11 is 0. The van der Waals surface area contributed by atoms with Crippen LogP contribution < -0.4 is 15.7 Å². The Labute approximate surface area is 166 Å². The van der Waals surface area contributed by atoms with Crippen molar-refractivity contribution in [2.75, 3.05) is 33.9 Å². The monoisotopic (exact) mass is 402 g/mol. The van der Waals surface area contributed by atoms with Gasteiger partial charge in [0.1, 0.15) is 11.3 Å². The Balaban J connectivity index is 1.54. The number of nitrogens with one attached hydrogen (secondary N) is 1. The van der Waals surface area contributed by atoms with Gasteiger partial charge in [-0.25, -0.2) is 9.59 Å². The lowest BCUT2D eigenvalue weighted by molar-refractivity contribution is -0.153. The SMILES string of the molecule is CNC(=O)CN(C)C(=O)COC(=O)COc1ccc2c3c(c(=O)oc2c1)CCC3. The Morgan fingerprint density at radius 3 is 2.69 bits per heavy atom. The summed E-state index contributed by atoms with van der Waals surface area (Å²) in [5.74, 6) is -1.23. The van der Waals surface area contributed by atoms with Crippen molar-refractivity contribution in [2.24, 2.45) is 0 Å². The van der Waals surface area contributed by atoms with Gasteiger partial charge >= 0.3 is 11.6 Å². The standard InChI is InChI=1S/C20H22N2O7/c1-21-17(23)9-22(2)18(24)10-28-19(25)11-27-12-6-7-14-13-4-3-5-15(13)20(26)29-16(14)8-12/h6-8H,3-5,9-11H2,1-2H3,(H,21,23). The summed E-state index contributed by atoms with van der Waals surface area (Å²) in [6, 6.07) is 5.06.